The van der Waals surface area contributed by atoms with Crippen molar-refractivity contribution in [2.24, 2.45) is 4.99 Å². The highest BCUT2D eigenvalue weighted by Crippen LogP contribution is 2.16. The molecule has 130 valence electrons. The number of ether oxygens (including phenoxy) is 1. The van der Waals surface area contributed by atoms with Crippen LogP contribution in [0.2, 0.25) is 0 Å². The summed E-state index contributed by atoms with van der Waals surface area (Å²) in [5.41, 5.74) is 1.58. The van der Waals surface area contributed by atoms with Gasteiger partial charge in [-0.2, -0.15) is 0 Å². The molecular formula is C18H30FN3O. The fraction of sp³-hybridized carbons (Fsp3) is 0.611. The molecule has 0 spiro atoms. The van der Waals surface area contributed by atoms with E-state index < -0.39 is 0 Å². The summed E-state index contributed by atoms with van der Waals surface area (Å²) < 4.78 is 18.7. The first-order chi connectivity index (χ1) is 11.1. The number of rotatable bonds is 9. The third kappa shape index (κ3) is 7.46. The van der Waals surface area contributed by atoms with Crippen LogP contribution < -0.4 is 10.6 Å². The van der Waals surface area contributed by atoms with Gasteiger partial charge in [-0.1, -0.05) is 12.1 Å². The maximum atomic E-state index is 13.7. The largest absolute Gasteiger partial charge is 0.385 e. The quantitative estimate of drug-likeness (QED) is 0.415. The molecule has 0 heterocycles. The van der Waals surface area contributed by atoms with E-state index in [0.717, 1.165) is 50.5 Å². The van der Waals surface area contributed by atoms with Crippen molar-refractivity contribution in [3.63, 3.8) is 0 Å². The Morgan fingerprint density at radius 3 is 2.74 bits per heavy atom. The van der Waals surface area contributed by atoms with Gasteiger partial charge in [-0.3, -0.25) is 4.99 Å². The highest BCUT2D eigenvalue weighted by atomic mass is 19.1. The number of aryl methyl sites for hydroxylation is 1. The minimum atomic E-state index is -0.170. The van der Waals surface area contributed by atoms with Gasteiger partial charge in [0.1, 0.15) is 5.82 Å². The van der Waals surface area contributed by atoms with Crippen molar-refractivity contribution in [1.29, 1.82) is 0 Å². The Balaban J connectivity index is 2.54. The predicted molar refractivity (Wildman–Crippen MR) is 94.4 cm³/mol. The zero-order chi connectivity index (χ0) is 17.1. The molecule has 0 saturated carbocycles. The molecule has 0 amide bonds. The van der Waals surface area contributed by atoms with Gasteiger partial charge in [0, 0.05) is 26.8 Å². The summed E-state index contributed by atoms with van der Waals surface area (Å²) in [6.07, 6.45) is 3.21. The molecule has 0 bridgehead atoms. The van der Waals surface area contributed by atoms with Crippen LogP contribution in [0.4, 0.5) is 4.39 Å². The van der Waals surface area contributed by atoms with Crippen LogP contribution in [-0.4, -0.2) is 32.8 Å². The zero-order valence-corrected chi connectivity index (χ0v) is 14.8. The standard InChI is InChI=1S/C18H30FN3O/c1-5-20-18(21-11-7-6-8-12-23-4)22-15(3)16-10-9-14(2)17(19)13-16/h9-10,13,15H,5-8,11-12H2,1-4H3,(H2,20,21,22). The fourth-order valence-corrected chi connectivity index (χ4v) is 2.21. The lowest BCUT2D eigenvalue weighted by Crippen LogP contribution is -2.38. The van der Waals surface area contributed by atoms with E-state index in [1.165, 1.54) is 0 Å². The van der Waals surface area contributed by atoms with Crippen LogP contribution in [0.25, 0.3) is 0 Å². The lowest BCUT2D eigenvalue weighted by molar-refractivity contribution is 0.192. The molecule has 23 heavy (non-hydrogen) atoms. The van der Waals surface area contributed by atoms with Crippen molar-refractivity contribution in [2.45, 2.75) is 46.1 Å². The molecule has 0 fully saturated rings. The van der Waals surface area contributed by atoms with E-state index in [1.807, 2.05) is 26.0 Å². The number of hydrogen-bond acceptors (Lipinski definition) is 2. The van der Waals surface area contributed by atoms with Crippen LogP contribution in [0.15, 0.2) is 23.2 Å². The van der Waals surface area contributed by atoms with Crippen LogP contribution >= 0.6 is 0 Å². The molecule has 0 aliphatic carbocycles. The summed E-state index contributed by atoms with van der Waals surface area (Å²) in [4.78, 5) is 4.58. The minimum Gasteiger partial charge on any atom is -0.385 e. The number of guanidine groups is 1. The summed E-state index contributed by atoms with van der Waals surface area (Å²) >= 11 is 0. The fourth-order valence-electron chi connectivity index (χ4n) is 2.21. The van der Waals surface area contributed by atoms with E-state index in [1.54, 1.807) is 20.1 Å². The van der Waals surface area contributed by atoms with Gasteiger partial charge >= 0.3 is 0 Å². The average molecular weight is 323 g/mol. The maximum absolute atomic E-state index is 13.7. The van der Waals surface area contributed by atoms with E-state index in [4.69, 9.17) is 4.74 Å². The molecule has 0 aromatic heterocycles. The summed E-state index contributed by atoms with van der Waals surface area (Å²) in [5, 5.41) is 6.56. The normalized spacial score (nSPS) is 13.0. The second-order valence-electron chi connectivity index (χ2n) is 5.69. The van der Waals surface area contributed by atoms with Gasteiger partial charge in [-0.25, -0.2) is 4.39 Å². The van der Waals surface area contributed by atoms with Gasteiger partial charge in [0.25, 0.3) is 0 Å². The number of hydrogen-bond donors (Lipinski definition) is 2. The zero-order valence-electron chi connectivity index (χ0n) is 14.8. The molecule has 2 N–H and O–H groups in total. The van der Waals surface area contributed by atoms with E-state index in [9.17, 15) is 4.39 Å². The number of nitrogens with one attached hydrogen (secondary N) is 2. The van der Waals surface area contributed by atoms with Crippen molar-refractivity contribution in [2.75, 3.05) is 26.8 Å². The monoisotopic (exact) mass is 323 g/mol. The molecule has 4 nitrogen and oxygen atoms in total. The third-order valence-corrected chi connectivity index (χ3v) is 3.67. The minimum absolute atomic E-state index is 0.00334. The number of methoxy groups -OCH3 is 1. The van der Waals surface area contributed by atoms with Crippen LogP contribution in [-0.2, 0) is 4.74 Å². The van der Waals surface area contributed by atoms with Crippen molar-refractivity contribution < 1.29 is 9.13 Å². The Morgan fingerprint density at radius 1 is 1.30 bits per heavy atom. The van der Waals surface area contributed by atoms with Crippen molar-refractivity contribution >= 4 is 5.96 Å². The van der Waals surface area contributed by atoms with Gasteiger partial charge < -0.3 is 15.4 Å². The Morgan fingerprint density at radius 2 is 2.09 bits per heavy atom. The van der Waals surface area contributed by atoms with Crippen molar-refractivity contribution in [1.82, 2.24) is 10.6 Å². The smallest absolute Gasteiger partial charge is 0.191 e. The van der Waals surface area contributed by atoms with Crippen molar-refractivity contribution in [3.8, 4) is 0 Å². The van der Waals surface area contributed by atoms with Crippen LogP contribution in [0.1, 0.15) is 50.3 Å². The highest BCUT2D eigenvalue weighted by Gasteiger charge is 2.09. The second kappa shape index (κ2) is 11.0. The van der Waals surface area contributed by atoms with Crippen LogP contribution in [0.3, 0.4) is 0 Å². The molecule has 0 aliphatic rings. The number of aliphatic imine (C=N–C) groups is 1. The average Bonchev–Trinajstić information content (AvgIpc) is 2.53. The molecule has 0 saturated heterocycles. The maximum Gasteiger partial charge on any atom is 0.191 e. The topological polar surface area (TPSA) is 45.7 Å². The molecule has 1 aromatic carbocycles. The van der Waals surface area contributed by atoms with Gasteiger partial charge in [-0.05, 0) is 57.2 Å². The SMILES string of the molecule is CCNC(=NCCCCCOC)NC(C)c1ccc(C)c(F)c1. The Kier molecular flexibility index (Phi) is 9.29. The first-order valence-corrected chi connectivity index (χ1v) is 8.38. The van der Waals surface area contributed by atoms with Crippen molar-refractivity contribution in [3.05, 3.63) is 35.1 Å². The molecule has 5 heteroatoms. The first-order valence-electron chi connectivity index (χ1n) is 8.38. The van der Waals surface area contributed by atoms with Crippen LogP contribution in [0, 0.1) is 12.7 Å². The van der Waals surface area contributed by atoms with Gasteiger partial charge in [-0.15, -0.1) is 0 Å². The Labute approximate surface area is 139 Å². The summed E-state index contributed by atoms with van der Waals surface area (Å²) in [6.45, 7) is 8.18. The predicted octanol–water partition coefficient (Wildman–Crippen LogP) is 3.57. The molecule has 1 atom stereocenters. The molecule has 0 aliphatic heterocycles. The number of unbranched alkanes of at least 4 members (excludes halogenated alkanes) is 2. The Hall–Kier alpha value is -1.62. The van der Waals surface area contributed by atoms with E-state index in [2.05, 4.69) is 15.6 Å². The second-order valence-corrected chi connectivity index (χ2v) is 5.69. The molecule has 1 unspecified atom stereocenters. The van der Waals surface area contributed by atoms with Gasteiger partial charge in [0.05, 0.1) is 6.04 Å². The molecule has 1 aromatic rings. The first kappa shape index (κ1) is 19.4. The molecule has 0 radical (unpaired) electrons. The lowest BCUT2D eigenvalue weighted by atomic mass is 10.1. The summed E-state index contributed by atoms with van der Waals surface area (Å²) in [6, 6.07) is 5.34. The third-order valence-electron chi connectivity index (χ3n) is 3.67. The van der Waals surface area contributed by atoms with E-state index in [0.29, 0.717) is 5.56 Å². The van der Waals surface area contributed by atoms with Crippen LogP contribution in [0.5, 0.6) is 0 Å². The molecule has 1 rings (SSSR count). The number of benzene rings is 1. The summed E-state index contributed by atoms with van der Waals surface area (Å²) in [5.74, 6) is 0.601. The lowest BCUT2D eigenvalue weighted by Gasteiger charge is -2.18. The number of nitrogens with zero attached hydrogens (tertiary/aromatic N) is 1. The number of halogens is 1. The molecular weight excluding hydrogens is 293 g/mol. The van der Waals surface area contributed by atoms with Gasteiger partial charge in [0.2, 0.25) is 0 Å². The summed E-state index contributed by atoms with van der Waals surface area (Å²) in [7, 11) is 1.72. The van der Waals surface area contributed by atoms with E-state index >= 15 is 0 Å². The van der Waals surface area contributed by atoms with E-state index in [-0.39, 0.29) is 11.9 Å². The Bertz CT molecular complexity index is 491. The van der Waals surface area contributed by atoms with Gasteiger partial charge in [0.15, 0.2) is 5.96 Å². The highest BCUT2D eigenvalue weighted by molar-refractivity contribution is 5.80.